The average Bonchev–Trinajstić information content (AvgIpc) is 2.09. The fraction of sp³-hybridized carbons (Fsp3) is 0.800. The second-order valence-electron chi connectivity index (χ2n) is 4.46. The van der Waals surface area contributed by atoms with E-state index in [4.69, 9.17) is 5.11 Å². The van der Waals surface area contributed by atoms with E-state index in [1.807, 2.05) is 6.92 Å². The summed E-state index contributed by atoms with van der Waals surface area (Å²) < 4.78 is 0.134. The molecule has 15 heavy (non-hydrogen) atoms. The number of hydrogen-bond donors (Lipinski definition) is 2. The number of nitrogens with zero attached hydrogens (tertiary/aromatic N) is 1. The molecule has 0 heterocycles. The molecule has 0 spiro atoms. The molecule has 1 amide bonds. The molecule has 2 N–H and O–H groups in total. The molecule has 0 unspecified atom stereocenters. The Morgan fingerprint density at radius 2 is 1.87 bits per heavy atom. The minimum Gasteiger partial charge on any atom is -0.481 e. The van der Waals surface area contributed by atoms with E-state index in [-0.39, 0.29) is 16.8 Å². The molecule has 88 valence electrons. The molecule has 0 rings (SSSR count). The van der Waals surface area contributed by atoms with Crippen LogP contribution in [0.2, 0.25) is 0 Å². The fourth-order valence-electron chi connectivity index (χ4n) is 1.21. The van der Waals surface area contributed by atoms with Gasteiger partial charge in [-0.3, -0.25) is 9.28 Å². The molecular weight excluding hydrogens is 196 g/mol. The predicted molar refractivity (Wildman–Crippen MR) is 57.4 cm³/mol. The van der Waals surface area contributed by atoms with Crippen LogP contribution in [0.25, 0.3) is 0 Å². The van der Waals surface area contributed by atoms with Gasteiger partial charge in [0.25, 0.3) is 0 Å². The number of aliphatic carboxylic acids is 1. The number of likely N-dealkylation sites (N-methyl/N-ethyl adjacent to an activating group) is 1. The Balaban J connectivity index is 4.47. The van der Waals surface area contributed by atoms with E-state index in [2.05, 4.69) is 5.32 Å². The summed E-state index contributed by atoms with van der Waals surface area (Å²) in [7, 11) is 5.22. The molecule has 0 bridgehead atoms. The van der Waals surface area contributed by atoms with Gasteiger partial charge in [0.15, 0.2) is 0 Å². The molecule has 0 aliphatic carbocycles. The molecule has 0 aliphatic heterocycles. The summed E-state index contributed by atoms with van der Waals surface area (Å²) in [6.07, 6.45) is 0.717. The number of carboxylic acids is 1. The number of carboxylic acid groups (broad SMARTS) is 1. The van der Waals surface area contributed by atoms with Crippen LogP contribution in [0.5, 0.6) is 0 Å². The van der Waals surface area contributed by atoms with Crippen LogP contribution in [0.3, 0.4) is 0 Å². The van der Waals surface area contributed by atoms with E-state index >= 15 is 0 Å². The van der Waals surface area contributed by atoms with Gasteiger partial charge in [0.1, 0.15) is 6.04 Å². The van der Waals surface area contributed by atoms with E-state index in [0.717, 1.165) is 6.42 Å². The Labute approximate surface area is 90.7 Å². The molecule has 1 atom stereocenters. The molecular formula is C10H21N2O3+. The number of rotatable bonds is 6. The van der Waals surface area contributed by atoms with E-state index in [9.17, 15) is 9.59 Å². The summed E-state index contributed by atoms with van der Waals surface area (Å²) in [5, 5.41) is 11.7. The van der Waals surface area contributed by atoms with E-state index in [0.29, 0.717) is 6.54 Å². The molecule has 0 fully saturated rings. The molecule has 0 aromatic rings. The zero-order chi connectivity index (χ0) is 12.1. The zero-order valence-electron chi connectivity index (χ0n) is 9.91. The lowest BCUT2D eigenvalue weighted by Gasteiger charge is -2.26. The maximum atomic E-state index is 11.9. The van der Waals surface area contributed by atoms with Crippen LogP contribution >= 0.6 is 0 Å². The number of amides is 1. The average molecular weight is 217 g/mol. The highest BCUT2D eigenvalue weighted by Crippen LogP contribution is 2.02. The maximum absolute atomic E-state index is 11.9. The normalized spacial score (nSPS) is 13.6. The lowest BCUT2D eigenvalue weighted by molar-refractivity contribution is -0.793. The molecule has 5 heteroatoms. The molecule has 0 aromatic heterocycles. The summed E-state index contributed by atoms with van der Waals surface area (Å²) in [5.74, 6) is -1.06. The first-order valence-corrected chi connectivity index (χ1v) is 5.10. The van der Waals surface area contributed by atoms with Gasteiger partial charge in [-0.15, -0.1) is 0 Å². The third-order valence-electron chi connectivity index (χ3n) is 1.98. The number of quaternary nitrogens is 1. The number of nitrogens with one attached hydrogen (secondary N) is 1. The smallest absolute Gasteiger partial charge is 0.330 e. The quantitative estimate of drug-likeness (QED) is 0.618. The Bertz CT molecular complexity index is 233. The van der Waals surface area contributed by atoms with Crippen LogP contribution in [-0.4, -0.2) is 55.2 Å². The molecule has 0 radical (unpaired) electrons. The van der Waals surface area contributed by atoms with Crippen molar-refractivity contribution in [2.24, 2.45) is 0 Å². The highest BCUT2D eigenvalue weighted by atomic mass is 16.4. The highest BCUT2D eigenvalue weighted by Gasteiger charge is 2.31. The van der Waals surface area contributed by atoms with Gasteiger partial charge in [-0.25, -0.2) is 4.79 Å². The van der Waals surface area contributed by atoms with Gasteiger partial charge in [0, 0.05) is 0 Å². The van der Waals surface area contributed by atoms with Crippen molar-refractivity contribution >= 4 is 11.9 Å². The Morgan fingerprint density at radius 3 is 2.20 bits per heavy atom. The lowest BCUT2D eigenvalue weighted by Crippen LogP contribution is -2.53. The van der Waals surface area contributed by atoms with Crippen LogP contribution in [0.1, 0.15) is 19.8 Å². The third-order valence-corrected chi connectivity index (χ3v) is 1.98. The largest absolute Gasteiger partial charge is 0.481 e. The minimum atomic E-state index is -0.953. The van der Waals surface area contributed by atoms with Crippen LogP contribution in [0.4, 0.5) is 0 Å². The monoisotopic (exact) mass is 217 g/mol. The van der Waals surface area contributed by atoms with Crippen molar-refractivity contribution in [3.8, 4) is 0 Å². The zero-order valence-corrected chi connectivity index (χ0v) is 9.91. The van der Waals surface area contributed by atoms with Gasteiger partial charge < -0.3 is 10.4 Å². The second kappa shape index (κ2) is 5.82. The van der Waals surface area contributed by atoms with Crippen molar-refractivity contribution in [1.82, 2.24) is 5.32 Å². The number of hydrogen-bond acceptors (Lipinski definition) is 3. The van der Waals surface area contributed by atoms with Gasteiger partial charge >= 0.3 is 11.9 Å². The molecule has 5 nitrogen and oxygen atoms in total. The SMILES string of the molecule is CCCN[C@H](CC(=O)O)C(=O)[N+](C)(C)C. The summed E-state index contributed by atoms with van der Waals surface area (Å²) in [6, 6.07) is -0.595. The van der Waals surface area contributed by atoms with Gasteiger partial charge in [0.05, 0.1) is 27.6 Å². The molecule has 0 saturated carbocycles. The van der Waals surface area contributed by atoms with E-state index in [1.165, 1.54) is 0 Å². The van der Waals surface area contributed by atoms with Gasteiger partial charge in [-0.05, 0) is 13.0 Å². The second-order valence-corrected chi connectivity index (χ2v) is 4.46. The van der Waals surface area contributed by atoms with Crippen LogP contribution < -0.4 is 5.32 Å². The summed E-state index contributed by atoms with van der Waals surface area (Å²) in [5.41, 5.74) is 0. The van der Waals surface area contributed by atoms with Crippen molar-refractivity contribution in [2.45, 2.75) is 25.8 Å². The highest BCUT2D eigenvalue weighted by molar-refractivity contribution is 5.81. The van der Waals surface area contributed by atoms with Crippen LogP contribution in [0.15, 0.2) is 0 Å². The molecule has 0 saturated heterocycles. The van der Waals surface area contributed by atoms with Gasteiger partial charge in [-0.1, -0.05) is 6.92 Å². The Hall–Kier alpha value is -0.940. The number of carbonyl (C=O) groups is 2. The minimum absolute atomic E-state index is 0.106. The van der Waals surface area contributed by atoms with Gasteiger partial charge in [-0.2, -0.15) is 0 Å². The van der Waals surface area contributed by atoms with E-state index in [1.54, 1.807) is 21.1 Å². The van der Waals surface area contributed by atoms with E-state index < -0.39 is 12.0 Å². The Kier molecular flexibility index (Phi) is 5.46. The first kappa shape index (κ1) is 14.1. The third kappa shape index (κ3) is 5.49. The molecule has 0 aliphatic rings. The first-order valence-electron chi connectivity index (χ1n) is 5.10. The molecule has 0 aromatic carbocycles. The predicted octanol–water partition coefficient (Wildman–Crippen LogP) is 0.0621. The first-order chi connectivity index (χ1) is 6.79. The number of carbonyl (C=O) groups excluding carboxylic acids is 1. The topological polar surface area (TPSA) is 66.4 Å². The maximum Gasteiger partial charge on any atom is 0.330 e. The van der Waals surface area contributed by atoms with Crippen molar-refractivity contribution in [3.05, 3.63) is 0 Å². The van der Waals surface area contributed by atoms with Crippen molar-refractivity contribution in [2.75, 3.05) is 27.7 Å². The summed E-state index contributed by atoms with van der Waals surface area (Å²) >= 11 is 0. The van der Waals surface area contributed by atoms with Crippen LogP contribution in [0, 0.1) is 0 Å². The van der Waals surface area contributed by atoms with Crippen molar-refractivity contribution < 1.29 is 19.2 Å². The Morgan fingerprint density at radius 1 is 1.33 bits per heavy atom. The fourth-order valence-corrected chi connectivity index (χ4v) is 1.21. The van der Waals surface area contributed by atoms with Crippen molar-refractivity contribution in [3.63, 3.8) is 0 Å². The van der Waals surface area contributed by atoms with Crippen LogP contribution in [-0.2, 0) is 9.59 Å². The van der Waals surface area contributed by atoms with Crippen molar-refractivity contribution in [1.29, 1.82) is 0 Å². The lowest BCUT2D eigenvalue weighted by atomic mass is 10.1. The summed E-state index contributed by atoms with van der Waals surface area (Å²) in [6.45, 7) is 2.63. The summed E-state index contributed by atoms with van der Waals surface area (Å²) in [4.78, 5) is 22.5. The van der Waals surface area contributed by atoms with Gasteiger partial charge in [0.2, 0.25) is 0 Å². The standard InChI is InChI=1S/C10H20N2O3/c1-5-6-11-8(7-9(13)14)10(15)12(2,3)4/h8,11H,5-7H2,1-4H3/p+1/t8-/m1/s1.